The van der Waals surface area contributed by atoms with Crippen molar-refractivity contribution in [3.8, 4) is 0 Å². The number of rotatable bonds is 6. The summed E-state index contributed by atoms with van der Waals surface area (Å²) in [5, 5.41) is 10.1. The molecule has 0 aliphatic carbocycles. The number of H-pyrrole nitrogens is 1. The van der Waals surface area contributed by atoms with Crippen LogP contribution >= 0.6 is 0 Å². The van der Waals surface area contributed by atoms with Crippen LogP contribution in [0.4, 0.5) is 0 Å². The third kappa shape index (κ3) is 3.05. The SMILES string of the molecule is CCC1CCCN1S(=O)(=O)c1[nH]ncc1CNC(C)C. The molecule has 0 radical (unpaired) electrons. The largest absolute Gasteiger partial charge is 0.310 e. The van der Waals surface area contributed by atoms with Gasteiger partial charge in [0.25, 0.3) is 10.0 Å². The third-order valence-electron chi connectivity index (χ3n) is 3.74. The van der Waals surface area contributed by atoms with Gasteiger partial charge in [-0.25, -0.2) is 8.42 Å². The molecule has 1 unspecified atom stereocenters. The van der Waals surface area contributed by atoms with Crippen LogP contribution in [0.15, 0.2) is 11.2 Å². The number of nitrogens with one attached hydrogen (secondary N) is 2. The van der Waals surface area contributed by atoms with Crippen molar-refractivity contribution in [1.82, 2.24) is 19.8 Å². The van der Waals surface area contributed by atoms with Crippen molar-refractivity contribution in [2.45, 2.75) is 63.7 Å². The van der Waals surface area contributed by atoms with E-state index in [9.17, 15) is 8.42 Å². The van der Waals surface area contributed by atoms with Gasteiger partial charge < -0.3 is 5.32 Å². The van der Waals surface area contributed by atoms with Crippen molar-refractivity contribution >= 4 is 10.0 Å². The van der Waals surface area contributed by atoms with Gasteiger partial charge in [-0.2, -0.15) is 9.40 Å². The molecule has 1 fully saturated rings. The molecule has 0 aromatic carbocycles. The van der Waals surface area contributed by atoms with E-state index in [0.717, 1.165) is 19.3 Å². The molecule has 0 bridgehead atoms. The van der Waals surface area contributed by atoms with E-state index in [2.05, 4.69) is 15.5 Å². The fraction of sp³-hybridized carbons (Fsp3) is 0.769. The van der Waals surface area contributed by atoms with E-state index in [1.807, 2.05) is 20.8 Å². The minimum Gasteiger partial charge on any atom is -0.310 e. The zero-order chi connectivity index (χ0) is 14.8. The Labute approximate surface area is 121 Å². The van der Waals surface area contributed by atoms with E-state index in [4.69, 9.17) is 0 Å². The Bertz CT molecular complexity index is 538. The third-order valence-corrected chi connectivity index (χ3v) is 5.71. The number of nitrogens with zero attached hydrogens (tertiary/aromatic N) is 2. The Morgan fingerprint density at radius 3 is 2.95 bits per heavy atom. The predicted molar refractivity (Wildman–Crippen MR) is 77.8 cm³/mol. The van der Waals surface area contributed by atoms with E-state index in [1.165, 1.54) is 0 Å². The van der Waals surface area contributed by atoms with E-state index in [-0.39, 0.29) is 11.1 Å². The van der Waals surface area contributed by atoms with Gasteiger partial charge in [-0.05, 0) is 19.3 Å². The quantitative estimate of drug-likeness (QED) is 0.834. The van der Waals surface area contributed by atoms with E-state index >= 15 is 0 Å². The zero-order valence-electron chi connectivity index (χ0n) is 12.4. The molecule has 1 aliphatic rings. The smallest absolute Gasteiger partial charge is 0.260 e. The second-order valence-electron chi connectivity index (χ2n) is 5.58. The van der Waals surface area contributed by atoms with Crippen LogP contribution in [0.3, 0.4) is 0 Å². The average molecular weight is 300 g/mol. The van der Waals surface area contributed by atoms with Crippen LogP contribution in [0.5, 0.6) is 0 Å². The highest BCUT2D eigenvalue weighted by molar-refractivity contribution is 7.89. The van der Waals surface area contributed by atoms with Gasteiger partial charge in [-0.15, -0.1) is 0 Å². The molecular formula is C13H24N4O2S. The number of aromatic nitrogens is 2. The zero-order valence-corrected chi connectivity index (χ0v) is 13.2. The van der Waals surface area contributed by atoms with Crippen LogP contribution in [0.2, 0.25) is 0 Å². The number of hydrogen-bond acceptors (Lipinski definition) is 4. The van der Waals surface area contributed by atoms with Crippen molar-refractivity contribution in [2.75, 3.05) is 6.54 Å². The molecule has 0 amide bonds. The van der Waals surface area contributed by atoms with E-state index in [0.29, 0.717) is 24.7 Å². The topological polar surface area (TPSA) is 78.1 Å². The lowest BCUT2D eigenvalue weighted by Crippen LogP contribution is -2.36. The van der Waals surface area contributed by atoms with Gasteiger partial charge in [0.05, 0.1) is 6.20 Å². The van der Waals surface area contributed by atoms with Crippen molar-refractivity contribution in [3.05, 3.63) is 11.8 Å². The standard InChI is InChI=1S/C13H24N4O2S/c1-4-12-6-5-7-17(12)20(18,19)13-11(9-15-16-13)8-14-10(2)3/h9-10,12,14H,4-8H2,1-3H3,(H,15,16). The molecule has 1 aromatic heterocycles. The maximum Gasteiger partial charge on any atom is 0.260 e. The first kappa shape index (κ1) is 15.5. The fourth-order valence-corrected chi connectivity index (χ4v) is 4.49. The maximum atomic E-state index is 12.8. The highest BCUT2D eigenvalue weighted by Crippen LogP contribution is 2.28. The molecule has 1 aromatic rings. The van der Waals surface area contributed by atoms with Crippen LogP contribution < -0.4 is 5.32 Å². The lowest BCUT2D eigenvalue weighted by Gasteiger charge is -2.22. The number of hydrogen-bond donors (Lipinski definition) is 2. The molecule has 7 heteroatoms. The Morgan fingerprint density at radius 2 is 2.30 bits per heavy atom. The van der Waals surface area contributed by atoms with Crippen LogP contribution in [-0.4, -0.2) is 41.5 Å². The molecule has 20 heavy (non-hydrogen) atoms. The summed E-state index contributed by atoms with van der Waals surface area (Å²) in [6.07, 6.45) is 4.33. The molecule has 1 saturated heterocycles. The molecule has 2 rings (SSSR count). The first-order valence-corrected chi connectivity index (χ1v) is 8.68. The predicted octanol–water partition coefficient (Wildman–Crippen LogP) is 1.47. The molecule has 0 spiro atoms. The Kier molecular flexibility index (Phi) is 4.82. The first-order valence-electron chi connectivity index (χ1n) is 7.24. The molecule has 2 heterocycles. The minimum atomic E-state index is -3.46. The summed E-state index contributed by atoms with van der Waals surface area (Å²) >= 11 is 0. The van der Waals surface area contributed by atoms with Crippen molar-refractivity contribution < 1.29 is 8.42 Å². The lowest BCUT2D eigenvalue weighted by atomic mass is 10.2. The van der Waals surface area contributed by atoms with Gasteiger partial charge in [-0.1, -0.05) is 20.8 Å². The van der Waals surface area contributed by atoms with Gasteiger partial charge >= 0.3 is 0 Å². The first-order chi connectivity index (χ1) is 9.46. The van der Waals surface area contributed by atoms with E-state index in [1.54, 1.807) is 10.5 Å². The highest BCUT2D eigenvalue weighted by atomic mass is 32.2. The van der Waals surface area contributed by atoms with Crippen LogP contribution in [-0.2, 0) is 16.6 Å². The number of aromatic amines is 1. The summed E-state index contributed by atoms with van der Waals surface area (Å²) in [5.41, 5.74) is 0.709. The lowest BCUT2D eigenvalue weighted by molar-refractivity contribution is 0.377. The second kappa shape index (κ2) is 6.24. The van der Waals surface area contributed by atoms with Gasteiger partial charge in [0, 0.05) is 30.7 Å². The average Bonchev–Trinajstić information content (AvgIpc) is 3.05. The highest BCUT2D eigenvalue weighted by Gasteiger charge is 2.36. The Balaban J connectivity index is 2.24. The summed E-state index contributed by atoms with van der Waals surface area (Å²) in [6.45, 7) is 7.21. The molecule has 114 valence electrons. The Morgan fingerprint density at radius 1 is 1.55 bits per heavy atom. The van der Waals surface area contributed by atoms with Gasteiger partial charge in [-0.3, -0.25) is 5.10 Å². The molecular weight excluding hydrogens is 276 g/mol. The van der Waals surface area contributed by atoms with Crippen molar-refractivity contribution in [1.29, 1.82) is 0 Å². The second-order valence-corrected chi connectivity index (χ2v) is 7.41. The van der Waals surface area contributed by atoms with Crippen molar-refractivity contribution in [2.24, 2.45) is 0 Å². The molecule has 1 atom stereocenters. The van der Waals surface area contributed by atoms with Gasteiger partial charge in [0.2, 0.25) is 0 Å². The summed E-state index contributed by atoms with van der Waals surface area (Å²) in [4.78, 5) is 0. The Hall–Kier alpha value is -0.920. The molecule has 1 aliphatic heterocycles. The summed E-state index contributed by atoms with van der Waals surface area (Å²) in [5.74, 6) is 0. The van der Waals surface area contributed by atoms with Crippen molar-refractivity contribution in [3.63, 3.8) is 0 Å². The molecule has 2 N–H and O–H groups in total. The maximum absolute atomic E-state index is 12.8. The summed E-state index contributed by atoms with van der Waals surface area (Å²) < 4.78 is 27.1. The fourth-order valence-electron chi connectivity index (χ4n) is 2.61. The van der Waals surface area contributed by atoms with E-state index < -0.39 is 10.0 Å². The minimum absolute atomic E-state index is 0.120. The summed E-state index contributed by atoms with van der Waals surface area (Å²) in [7, 11) is -3.46. The van der Waals surface area contributed by atoms with Crippen LogP contribution in [0.1, 0.15) is 45.6 Å². The monoisotopic (exact) mass is 300 g/mol. The van der Waals surface area contributed by atoms with Gasteiger partial charge in [0.15, 0.2) is 5.03 Å². The van der Waals surface area contributed by atoms with Crippen LogP contribution in [0.25, 0.3) is 0 Å². The van der Waals surface area contributed by atoms with Gasteiger partial charge in [0.1, 0.15) is 0 Å². The number of sulfonamides is 1. The molecule has 6 nitrogen and oxygen atoms in total. The normalized spacial score (nSPS) is 20.9. The molecule has 0 saturated carbocycles. The summed E-state index contributed by atoms with van der Waals surface area (Å²) in [6, 6.07) is 0.421. The van der Waals surface area contributed by atoms with Crippen LogP contribution in [0, 0.1) is 0 Å².